The van der Waals surface area contributed by atoms with Crippen LogP contribution >= 0.6 is 0 Å². The molecule has 1 aliphatic heterocycles. The maximum Gasteiger partial charge on any atom is 0.337 e. The van der Waals surface area contributed by atoms with Crippen molar-refractivity contribution in [2.24, 2.45) is 5.41 Å². The van der Waals surface area contributed by atoms with Gasteiger partial charge in [0.2, 0.25) is 0 Å². The summed E-state index contributed by atoms with van der Waals surface area (Å²) in [5.74, 6) is -0.552. The summed E-state index contributed by atoms with van der Waals surface area (Å²) in [5.41, 5.74) is 3.42. The van der Waals surface area contributed by atoms with Gasteiger partial charge in [0.1, 0.15) is 12.4 Å². The number of hydrogen-bond donors (Lipinski definition) is 1. The monoisotopic (exact) mass is 476 g/mol. The Hall–Kier alpha value is -3.94. The van der Waals surface area contributed by atoms with Crippen molar-refractivity contribution in [3.63, 3.8) is 0 Å². The highest BCUT2D eigenvalue weighted by molar-refractivity contribution is 6.04. The summed E-state index contributed by atoms with van der Waals surface area (Å²) in [4.78, 5) is 37.4. The molecule has 0 spiro atoms. The summed E-state index contributed by atoms with van der Waals surface area (Å²) in [6, 6.07) is 13.2. The molecule has 1 atom stereocenters. The van der Waals surface area contributed by atoms with Gasteiger partial charge in [0.25, 0.3) is 5.69 Å². The van der Waals surface area contributed by atoms with Crippen LogP contribution in [0.25, 0.3) is 0 Å². The Morgan fingerprint density at radius 3 is 2.37 bits per heavy atom. The fourth-order valence-electron chi connectivity index (χ4n) is 4.78. The number of nitro groups is 1. The Bertz CT molecular complexity index is 1240. The van der Waals surface area contributed by atoms with E-state index in [-0.39, 0.29) is 23.5 Å². The smallest absolute Gasteiger partial charge is 0.337 e. The van der Waals surface area contributed by atoms with Gasteiger partial charge in [0, 0.05) is 41.4 Å². The van der Waals surface area contributed by atoms with E-state index in [4.69, 9.17) is 9.47 Å². The van der Waals surface area contributed by atoms with Gasteiger partial charge in [-0.05, 0) is 42.0 Å². The average molecular weight is 477 g/mol. The van der Waals surface area contributed by atoms with Crippen LogP contribution in [0.15, 0.2) is 71.1 Å². The van der Waals surface area contributed by atoms with Crippen LogP contribution in [0.3, 0.4) is 0 Å². The van der Waals surface area contributed by atoms with Gasteiger partial charge in [0.15, 0.2) is 5.78 Å². The Balaban J connectivity index is 1.70. The second-order valence-corrected chi connectivity index (χ2v) is 9.70. The molecule has 4 rings (SSSR count). The number of rotatable bonds is 6. The van der Waals surface area contributed by atoms with Crippen LogP contribution < -0.4 is 10.1 Å². The van der Waals surface area contributed by atoms with Gasteiger partial charge in [-0.1, -0.05) is 38.1 Å². The molecule has 0 saturated carbocycles. The molecule has 2 aromatic carbocycles. The van der Waals surface area contributed by atoms with Crippen LogP contribution in [0, 0.1) is 15.5 Å². The van der Waals surface area contributed by atoms with Crippen molar-refractivity contribution in [1.29, 1.82) is 0 Å². The van der Waals surface area contributed by atoms with Gasteiger partial charge in [-0.25, -0.2) is 4.79 Å². The first-order valence-corrected chi connectivity index (χ1v) is 11.4. The molecule has 1 aliphatic carbocycles. The third-order valence-electron chi connectivity index (χ3n) is 6.43. The van der Waals surface area contributed by atoms with Crippen LogP contribution in [0.4, 0.5) is 5.69 Å². The molecule has 8 nitrogen and oxygen atoms in total. The highest BCUT2D eigenvalue weighted by Crippen LogP contribution is 2.47. The lowest BCUT2D eigenvalue weighted by Crippen LogP contribution is -2.38. The average Bonchev–Trinajstić information content (AvgIpc) is 2.81. The third-order valence-corrected chi connectivity index (χ3v) is 6.43. The molecule has 0 fully saturated rings. The van der Waals surface area contributed by atoms with Gasteiger partial charge < -0.3 is 14.8 Å². The standard InChI is InChI=1S/C27H28N2O6/c1-16-23(26(31)35-15-17-5-11-20(34-4)12-6-17)24(18-7-9-19(10-8-18)29(32)33)25-21(28-16)13-27(2,3)14-22(25)30/h5-12,24,28H,13-15H2,1-4H3. The summed E-state index contributed by atoms with van der Waals surface area (Å²) >= 11 is 0. The number of carbonyl (C=O) groups is 2. The van der Waals surface area contributed by atoms with Crippen LogP contribution in [-0.2, 0) is 20.9 Å². The number of Topliss-reactive ketones (excluding diaryl/α,β-unsaturated/α-hetero) is 1. The molecule has 0 aromatic heterocycles. The van der Waals surface area contributed by atoms with E-state index in [2.05, 4.69) is 5.32 Å². The number of non-ortho nitro benzene ring substituents is 1. The maximum absolute atomic E-state index is 13.4. The molecular formula is C27H28N2O6. The highest BCUT2D eigenvalue weighted by Gasteiger charge is 2.43. The largest absolute Gasteiger partial charge is 0.497 e. The lowest BCUT2D eigenvalue weighted by Gasteiger charge is -2.39. The number of dihydropyridines is 1. The zero-order valence-corrected chi connectivity index (χ0v) is 20.2. The molecule has 182 valence electrons. The minimum absolute atomic E-state index is 0.0416. The van der Waals surface area contributed by atoms with Gasteiger partial charge in [-0.3, -0.25) is 14.9 Å². The van der Waals surface area contributed by atoms with E-state index in [1.165, 1.54) is 12.1 Å². The van der Waals surface area contributed by atoms with Crippen molar-refractivity contribution in [1.82, 2.24) is 5.32 Å². The van der Waals surface area contributed by atoms with E-state index in [9.17, 15) is 19.7 Å². The quantitative estimate of drug-likeness (QED) is 0.357. The number of hydrogen-bond acceptors (Lipinski definition) is 7. The van der Waals surface area contributed by atoms with E-state index >= 15 is 0 Å². The number of methoxy groups -OCH3 is 1. The first kappa shape index (κ1) is 24.2. The number of nitrogens with zero attached hydrogens (tertiary/aromatic N) is 1. The minimum Gasteiger partial charge on any atom is -0.497 e. The lowest BCUT2D eigenvalue weighted by atomic mass is 9.68. The number of carbonyl (C=O) groups excluding carboxylic acids is 2. The van der Waals surface area contributed by atoms with Gasteiger partial charge in [0.05, 0.1) is 17.6 Å². The molecule has 1 N–H and O–H groups in total. The zero-order chi connectivity index (χ0) is 25.3. The van der Waals surface area contributed by atoms with E-state index < -0.39 is 16.8 Å². The molecular weight excluding hydrogens is 448 g/mol. The Morgan fingerprint density at radius 1 is 1.11 bits per heavy atom. The predicted octanol–water partition coefficient (Wildman–Crippen LogP) is 4.95. The van der Waals surface area contributed by atoms with Crippen LogP contribution in [0.5, 0.6) is 5.75 Å². The minimum atomic E-state index is -0.668. The second-order valence-electron chi connectivity index (χ2n) is 9.70. The number of allylic oxidation sites excluding steroid dienone is 3. The fourth-order valence-corrected chi connectivity index (χ4v) is 4.78. The van der Waals surface area contributed by atoms with Gasteiger partial charge in [-0.15, -0.1) is 0 Å². The highest BCUT2D eigenvalue weighted by atomic mass is 16.6. The van der Waals surface area contributed by atoms with Crippen molar-refractivity contribution < 1.29 is 24.0 Å². The Kier molecular flexibility index (Phi) is 6.47. The van der Waals surface area contributed by atoms with E-state index in [1.54, 1.807) is 38.3 Å². The molecule has 2 aliphatic rings. The first-order valence-electron chi connectivity index (χ1n) is 11.4. The summed E-state index contributed by atoms with van der Waals surface area (Å²) in [6.07, 6.45) is 1.01. The summed E-state index contributed by atoms with van der Waals surface area (Å²) < 4.78 is 10.8. The van der Waals surface area contributed by atoms with E-state index in [0.717, 1.165) is 11.3 Å². The maximum atomic E-state index is 13.4. The van der Waals surface area contributed by atoms with Crippen molar-refractivity contribution in [3.8, 4) is 5.75 Å². The molecule has 2 aromatic rings. The van der Waals surface area contributed by atoms with E-state index in [1.807, 2.05) is 26.0 Å². The molecule has 8 heteroatoms. The number of nitro benzene ring substituents is 1. The predicted molar refractivity (Wildman–Crippen MR) is 130 cm³/mol. The molecule has 35 heavy (non-hydrogen) atoms. The summed E-state index contributed by atoms with van der Waals surface area (Å²) in [5, 5.41) is 14.5. The summed E-state index contributed by atoms with van der Waals surface area (Å²) in [7, 11) is 1.58. The molecule has 0 saturated heterocycles. The number of nitrogens with one attached hydrogen (secondary N) is 1. The van der Waals surface area contributed by atoms with Crippen molar-refractivity contribution in [2.75, 3.05) is 7.11 Å². The Morgan fingerprint density at radius 2 is 1.77 bits per heavy atom. The van der Waals surface area contributed by atoms with Gasteiger partial charge >= 0.3 is 5.97 Å². The Labute approximate surface area is 203 Å². The zero-order valence-electron chi connectivity index (χ0n) is 20.2. The lowest BCUT2D eigenvalue weighted by molar-refractivity contribution is -0.384. The topological polar surface area (TPSA) is 108 Å². The summed E-state index contributed by atoms with van der Waals surface area (Å²) in [6.45, 7) is 5.92. The molecule has 0 radical (unpaired) electrons. The molecule has 0 bridgehead atoms. The van der Waals surface area contributed by atoms with Crippen LogP contribution in [0.1, 0.15) is 50.7 Å². The SMILES string of the molecule is COc1ccc(COC(=O)C2=C(C)NC3=C(C(=O)CC(C)(C)C3)C2c2ccc([N+](=O)[O-])cc2)cc1. The van der Waals surface area contributed by atoms with Crippen molar-refractivity contribution in [3.05, 3.63) is 92.3 Å². The fraction of sp³-hybridized carbons (Fsp3) is 0.333. The van der Waals surface area contributed by atoms with Crippen LogP contribution in [-0.4, -0.2) is 23.8 Å². The van der Waals surface area contributed by atoms with Crippen molar-refractivity contribution in [2.45, 2.75) is 46.1 Å². The number of ether oxygens (including phenoxy) is 2. The number of esters is 1. The van der Waals surface area contributed by atoms with Gasteiger partial charge in [-0.2, -0.15) is 0 Å². The van der Waals surface area contributed by atoms with E-state index in [0.29, 0.717) is 41.0 Å². The number of benzene rings is 2. The first-order chi connectivity index (χ1) is 16.6. The third kappa shape index (κ3) is 4.96. The number of ketones is 1. The van der Waals surface area contributed by atoms with Crippen LogP contribution in [0.2, 0.25) is 0 Å². The van der Waals surface area contributed by atoms with Crippen molar-refractivity contribution >= 4 is 17.4 Å². The molecule has 1 unspecified atom stereocenters. The molecule has 0 amide bonds. The normalized spacial score (nSPS) is 19.1. The second kappa shape index (κ2) is 9.37. The molecule has 1 heterocycles.